The summed E-state index contributed by atoms with van der Waals surface area (Å²) in [7, 11) is 0. The van der Waals surface area contributed by atoms with Crippen LogP contribution in [0.1, 0.15) is 11.1 Å². The maximum atomic E-state index is 12.1. The van der Waals surface area contributed by atoms with Gasteiger partial charge in [0.15, 0.2) is 5.16 Å². The number of carbonyl (C=O) groups excluding carboxylic acids is 1. The number of aromatic nitrogens is 2. The Morgan fingerprint density at radius 2 is 2.08 bits per heavy atom. The summed E-state index contributed by atoms with van der Waals surface area (Å²) in [5, 5.41) is 12.4. The summed E-state index contributed by atoms with van der Waals surface area (Å²) in [6.07, 6.45) is 3.61. The zero-order chi connectivity index (χ0) is 17.6. The number of nitriles is 1. The molecule has 0 unspecified atom stereocenters. The Hall–Kier alpha value is -3.04. The highest BCUT2D eigenvalue weighted by Crippen LogP contribution is 2.21. The third-order valence-electron chi connectivity index (χ3n) is 3.52. The fraction of sp³-hybridized carbons (Fsp3) is 0.105. The summed E-state index contributed by atoms with van der Waals surface area (Å²) >= 11 is 1.38. The van der Waals surface area contributed by atoms with Crippen molar-refractivity contribution in [3.05, 3.63) is 72.1 Å². The first-order valence-electron chi connectivity index (χ1n) is 7.69. The van der Waals surface area contributed by atoms with Crippen molar-refractivity contribution >= 4 is 23.4 Å². The summed E-state index contributed by atoms with van der Waals surface area (Å²) in [6, 6.07) is 16.9. The third kappa shape index (κ3) is 4.28. The minimum absolute atomic E-state index is 0.117. The molecule has 25 heavy (non-hydrogen) atoms. The monoisotopic (exact) mass is 348 g/mol. The number of hydrogen-bond donors (Lipinski definition) is 1. The SMILES string of the molecule is Cc1cccc(-n2ccnc2SCC(=O)Nc2ccc(C#N)cc2)c1. The lowest BCUT2D eigenvalue weighted by Crippen LogP contribution is -2.14. The van der Waals surface area contributed by atoms with Crippen LogP contribution in [-0.2, 0) is 4.79 Å². The smallest absolute Gasteiger partial charge is 0.234 e. The van der Waals surface area contributed by atoms with Gasteiger partial charge in [0.25, 0.3) is 0 Å². The zero-order valence-electron chi connectivity index (χ0n) is 13.6. The van der Waals surface area contributed by atoms with Gasteiger partial charge in [-0.25, -0.2) is 4.98 Å². The second-order valence-electron chi connectivity index (χ2n) is 5.44. The van der Waals surface area contributed by atoms with Gasteiger partial charge in [0.2, 0.25) is 5.91 Å². The number of rotatable bonds is 5. The van der Waals surface area contributed by atoms with Crippen LogP contribution in [0.5, 0.6) is 0 Å². The number of aryl methyl sites for hydroxylation is 1. The van der Waals surface area contributed by atoms with E-state index in [1.165, 1.54) is 17.3 Å². The van der Waals surface area contributed by atoms with E-state index in [1.807, 2.05) is 42.0 Å². The molecule has 0 aliphatic heterocycles. The molecular formula is C19H16N4OS. The minimum Gasteiger partial charge on any atom is -0.325 e. The molecule has 0 saturated carbocycles. The second kappa shape index (κ2) is 7.69. The van der Waals surface area contributed by atoms with Crippen molar-refractivity contribution in [1.82, 2.24) is 9.55 Å². The molecule has 0 saturated heterocycles. The van der Waals surface area contributed by atoms with Crippen LogP contribution >= 0.6 is 11.8 Å². The van der Waals surface area contributed by atoms with E-state index in [0.717, 1.165) is 10.8 Å². The molecule has 0 aliphatic carbocycles. The maximum absolute atomic E-state index is 12.1. The van der Waals surface area contributed by atoms with Crippen molar-refractivity contribution in [3.63, 3.8) is 0 Å². The van der Waals surface area contributed by atoms with Crippen molar-refractivity contribution in [2.45, 2.75) is 12.1 Å². The lowest BCUT2D eigenvalue weighted by atomic mass is 10.2. The summed E-state index contributed by atoms with van der Waals surface area (Å²) < 4.78 is 1.96. The first kappa shape index (κ1) is 16.8. The van der Waals surface area contributed by atoms with Crippen molar-refractivity contribution in [2.24, 2.45) is 0 Å². The van der Waals surface area contributed by atoms with Gasteiger partial charge in [0.1, 0.15) is 0 Å². The van der Waals surface area contributed by atoms with Gasteiger partial charge in [0.05, 0.1) is 17.4 Å². The molecule has 2 aromatic carbocycles. The Morgan fingerprint density at radius 1 is 1.28 bits per heavy atom. The molecule has 1 amide bonds. The first-order valence-corrected chi connectivity index (χ1v) is 8.67. The average Bonchev–Trinajstić information content (AvgIpc) is 3.09. The Bertz CT molecular complexity index is 925. The van der Waals surface area contributed by atoms with E-state index in [9.17, 15) is 4.79 Å². The molecular weight excluding hydrogens is 332 g/mol. The molecule has 3 rings (SSSR count). The fourth-order valence-electron chi connectivity index (χ4n) is 2.33. The van der Waals surface area contributed by atoms with Crippen LogP contribution in [0.25, 0.3) is 5.69 Å². The van der Waals surface area contributed by atoms with Gasteiger partial charge < -0.3 is 5.32 Å². The molecule has 0 spiro atoms. The number of thioether (sulfide) groups is 1. The minimum atomic E-state index is -0.117. The van der Waals surface area contributed by atoms with Gasteiger partial charge in [-0.1, -0.05) is 23.9 Å². The van der Waals surface area contributed by atoms with E-state index < -0.39 is 0 Å². The van der Waals surface area contributed by atoms with E-state index in [1.54, 1.807) is 30.5 Å². The summed E-state index contributed by atoms with van der Waals surface area (Å²) in [5.74, 6) is 0.136. The molecule has 0 bridgehead atoms. The number of nitrogens with zero attached hydrogens (tertiary/aromatic N) is 3. The van der Waals surface area contributed by atoms with Crippen LogP contribution in [0, 0.1) is 18.3 Å². The predicted molar refractivity (Wildman–Crippen MR) is 98.8 cm³/mol. The Balaban J connectivity index is 1.63. The summed E-state index contributed by atoms with van der Waals surface area (Å²) in [6.45, 7) is 2.04. The normalized spacial score (nSPS) is 10.2. The van der Waals surface area contributed by atoms with Gasteiger partial charge in [-0.2, -0.15) is 5.26 Å². The number of anilines is 1. The molecule has 124 valence electrons. The van der Waals surface area contributed by atoms with Crippen molar-refractivity contribution < 1.29 is 4.79 Å². The van der Waals surface area contributed by atoms with E-state index in [2.05, 4.69) is 16.4 Å². The number of benzene rings is 2. The van der Waals surface area contributed by atoms with E-state index in [-0.39, 0.29) is 11.7 Å². The number of nitrogens with one attached hydrogen (secondary N) is 1. The van der Waals surface area contributed by atoms with Crippen LogP contribution in [-0.4, -0.2) is 21.2 Å². The highest BCUT2D eigenvalue weighted by Gasteiger charge is 2.09. The molecule has 1 aromatic heterocycles. The number of hydrogen-bond acceptors (Lipinski definition) is 4. The van der Waals surface area contributed by atoms with E-state index in [0.29, 0.717) is 11.3 Å². The highest BCUT2D eigenvalue weighted by atomic mass is 32.2. The molecule has 5 nitrogen and oxygen atoms in total. The van der Waals surface area contributed by atoms with Crippen molar-refractivity contribution in [2.75, 3.05) is 11.1 Å². The van der Waals surface area contributed by atoms with Crippen LogP contribution in [0.4, 0.5) is 5.69 Å². The topological polar surface area (TPSA) is 70.7 Å². The van der Waals surface area contributed by atoms with E-state index >= 15 is 0 Å². The molecule has 0 atom stereocenters. The Labute approximate surface area is 150 Å². The molecule has 6 heteroatoms. The lowest BCUT2D eigenvalue weighted by molar-refractivity contribution is -0.113. The number of imidazole rings is 1. The van der Waals surface area contributed by atoms with Gasteiger partial charge in [-0.05, 0) is 48.9 Å². The molecule has 0 fully saturated rings. The van der Waals surface area contributed by atoms with Gasteiger partial charge in [-0.15, -0.1) is 0 Å². The lowest BCUT2D eigenvalue weighted by Gasteiger charge is -2.08. The summed E-state index contributed by atoms with van der Waals surface area (Å²) in [5.41, 5.74) is 3.42. The Morgan fingerprint density at radius 3 is 2.80 bits per heavy atom. The fourth-order valence-corrected chi connectivity index (χ4v) is 3.10. The molecule has 0 radical (unpaired) electrons. The van der Waals surface area contributed by atoms with Crippen LogP contribution < -0.4 is 5.32 Å². The quantitative estimate of drug-likeness (QED) is 0.712. The molecule has 1 heterocycles. The molecule has 1 N–H and O–H groups in total. The molecule has 0 aliphatic rings. The first-order chi connectivity index (χ1) is 12.2. The van der Waals surface area contributed by atoms with Crippen molar-refractivity contribution in [1.29, 1.82) is 5.26 Å². The number of carbonyl (C=O) groups is 1. The highest BCUT2D eigenvalue weighted by molar-refractivity contribution is 7.99. The van der Waals surface area contributed by atoms with Gasteiger partial charge in [0, 0.05) is 23.8 Å². The molecule has 3 aromatic rings. The van der Waals surface area contributed by atoms with Gasteiger partial charge >= 0.3 is 0 Å². The predicted octanol–water partition coefficient (Wildman–Crippen LogP) is 3.78. The summed E-state index contributed by atoms with van der Waals surface area (Å²) in [4.78, 5) is 16.5. The maximum Gasteiger partial charge on any atom is 0.234 e. The number of amides is 1. The van der Waals surface area contributed by atoms with Crippen LogP contribution in [0.15, 0.2) is 66.1 Å². The standard InChI is InChI=1S/C19H16N4OS/c1-14-3-2-4-17(11-14)23-10-9-21-19(23)25-13-18(24)22-16-7-5-15(12-20)6-8-16/h2-11H,13H2,1H3,(H,22,24). The third-order valence-corrected chi connectivity index (χ3v) is 4.48. The average molecular weight is 348 g/mol. The zero-order valence-corrected chi connectivity index (χ0v) is 14.5. The van der Waals surface area contributed by atoms with Crippen molar-refractivity contribution in [3.8, 4) is 11.8 Å². The largest absolute Gasteiger partial charge is 0.325 e. The van der Waals surface area contributed by atoms with Crippen LogP contribution in [0.3, 0.4) is 0 Å². The Kier molecular flexibility index (Phi) is 5.17. The van der Waals surface area contributed by atoms with Crippen LogP contribution in [0.2, 0.25) is 0 Å². The second-order valence-corrected chi connectivity index (χ2v) is 6.39. The van der Waals surface area contributed by atoms with Gasteiger partial charge in [-0.3, -0.25) is 9.36 Å². The van der Waals surface area contributed by atoms with E-state index in [4.69, 9.17) is 5.26 Å².